The van der Waals surface area contributed by atoms with Crippen molar-refractivity contribution in [2.24, 2.45) is 0 Å². The second-order valence-corrected chi connectivity index (χ2v) is 2.39. The Labute approximate surface area is 63.9 Å². The summed E-state index contributed by atoms with van der Waals surface area (Å²) in [6.07, 6.45) is 0. The Hall–Kier alpha value is 0.230. The molecular formula is C3H3Cl2F5. The largest absolute Gasteiger partial charge is 0.379 e. The molecule has 0 fully saturated rings. The van der Waals surface area contributed by atoms with Crippen LogP contribution in [-0.4, -0.2) is 17.9 Å². The van der Waals surface area contributed by atoms with Crippen LogP contribution in [0.1, 0.15) is 0 Å². The Morgan fingerprint density at radius 2 is 1.30 bits per heavy atom. The predicted octanol–water partition coefficient (Wildman–Crippen LogP) is 3.24. The summed E-state index contributed by atoms with van der Waals surface area (Å²) in [5, 5.41) is 0. The summed E-state index contributed by atoms with van der Waals surface area (Å²) < 4.78 is 48.5. The van der Waals surface area contributed by atoms with Crippen LogP contribution in [0.25, 0.3) is 0 Å². The number of hydrogen-bond acceptors (Lipinski definition) is 0. The number of rotatable bonds is 1. The summed E-state index contributed by atoms with van der Waals surface area (Å²) in [7, 11) is 0. The van der Waals surface area contributed by atoms with Gasteiger partial charge in [0.2, 0.25) is 0 Å². The summed E-state index contributed by atoms with van der Waals surface area (Å²) in [5.41, 5.74) is 0. The lowest BCUT2D eigenvalue weighted by Crippen LogP contribution is -2.04. The molecule has 0 heterocycles. The molecule has 0 aliphatic heterocycles. The van der Waals surface area contributed by atoms with Crippen LogP contribution in [0.2, 0.25) is 0 Å². The van der Waals surface area contributed by atoms with Crippen molar-refractivity contribution in [2.75, 3.05) is 6.67 Å². The smallest absolute Gasteiger partial charge is 0.245 e. The third-order valence-corrected chi connectivity index (χ3v) is 0.354. The molecule has 10 heavy (non-hydrogen) atoms. The molecule has 0 atom stereocenters. The Kier molecular flexibility index (Phi) is 7.69. The van der Waals surface area contributed by atoms with Crippen molar-refractivity contribution < 1.29 is 22.0 Å². The molecule has 0 aliphatic carbocycles. The zero-order valence-corrected chi connectivity index (χ0v) is 5.94. The molecule has 0 aromatic rings. The van der Waals surface area contributed by atoms with Gasteiger partial charge in [0.15, 0.2) is 6.67 Å². The lowest BCUT2D eigenvalue weighted by molar-refractivity contribution is 0.00819. The van der Waals surface area contributed by atoms with Crippen molar-refractivity contribution in [2.45, 2.75) is 11.3 Å². The maximum absolute atomic E-state index is 11.3. The van der Waals surface area contributed by atoms with E-state index in [0.717, 1.165) is 0 Å². The Bertz CT molecular complexity index is 67.0. The zero-order chi connectivity index (χ0) is 8.78. The van der Waals surface area contributed by atoms with E-state index in [9.17, 15) is 22.0 Å². The Morgan fingerprint density at radius 3 is 1.30 bits per heavy atom. The van der Waals surface area contributed by atoms with E-state index in [4.69, 9.17) is 0 Å². The second-order valence-electron chi connectivity index (χ2n) is 0.996. The first-order valence-electron chi connectivity index (χ1n) is 1.84. The molecule has 0 rings (SSSR count). The van der Waals surface area contributed by atoms with Gasteiger partial charge in [0.1, 0.15) is 0 Å². The van der Waals surface area contributed by atoms with Gasteiger partial charge in [-0.15, -0.1) is 0 Å². The van der Waals surface area contributed by atoms with E-state index in [1.165, 1.54) is 0 Å². The van der Waals surface area contributed by atoms with Gasteiger partial charge in [-0.05, 0) is 0 Å². The summed E-state index contributed by atoms with van der Waals surface area (Å²) >= 11 is 8.88. The van der Waals surface area contributed by atoms with Crippen LogP contribution >= 0.6 is 23.2 Å². The van der Waals surface area contributed by atoms with Gasteiger partial charge in [-0.25, -0.2) is 8.78 Å². The first-order valence-corrected chi connectivity index (χ1v) is 2.60. The minimum absolute atomic E-state index is 1.36. The van der Waals surface area contributed by atoms with E-state index < -0.39 is 17.9 Å². The van der Waals surface area contributed by atoms with Crippen molar-refractivity contribution in [1.82, 2.24) is 0 Å². The van der Waals surface area contributed by atoms with Crippen LogP contribution in [-0.2, 0) is 0 Å². The number of halogens is 7. The maximum Gasteiger partial charge on any atom is 0.379 e. The first kappa shape index (κ1) is 12.9. The normalized spacial score (nSPS) is 10.8. The highest BCUT2D eigenvalue weighted by Crippen LogP contribution is 2.21. The van der Waals surface area contributed by atoms with Gasteiger partial charge >= 0.3 is 6.68 Å². The molecule has 0 spiro atoms. The molecule has 0 aromatic carbocycles. The maximum atomic E-state index is 11.3. The fourth-order valence-electron chi connectivity index (χ4n) is 0. The Balaban J connectivity index is 0. The molecule has 0 unspecified atom stereocenters. The SMILES string of the molecule is FC(F)F.FCC(F)(Cl)Cl. The van der Waals surface area contributed by atoms with Gasteiger partial charge in [0.05, 0.1) is 0 Å². The molecule has 0 radical (unpaired) electrons. The number of alkyl halides is 7. The van der Waals surface area contributed by atoms with Crippen molar-refractivity contribution in [1.29, 1.82) is 0 Å². The van der Waals surface area contributed by atoms with E-state index in [-0.39, 0.29) is 0 Å². The third-order valence-electron chi connectivity index (χ3n) is 0.152. The van der Waals surface area contributed by atoms with Crippen molar-refractivity contribution in [3.8, 4) is 0 Å². The van der Waals surface area contributed by atoms with Crippen LogP contribution in [0.3, 0.4) is 0 Å². The lowest BCUT2D eigenvalue weighted by atomic mass is 10.8. The molecule has 7 heteroatoms. The summed E-state index contributed by atoms with van der Waals surface area (Å²) in [5.74, 6) is 0. The average Bonchev–Trinajstić information content (AvgIpc) is 1.63. The van der Waals surface area contributed by atoms with Crippen LogP contribution in [0.4, 0.5) is 22.0 Å². The molecule has 0 aliphatic rings. The van der Waals surface area contributed by atoms with Crippen LogP contribution in [0.5, 0.6) is 0 Å². The minimum atomic E-state index is -3.67. The van der Waals surface area contributed by atoms with E-state index in [1.807, 2.05) is 0 Å². The molecule has 0 aromatic heterocycles. The highest BCUT2D eigenvalue weighted by Gasteiger charge is 2.20. The molecule has 64 valence electrons. The van der Waals surface area contributed by atoms with Crippen molar-refractivity contribution >= 4 is 23.2 Å². The summed E-state index contributed by atoms with van der Waals surface area (Å²) in [6.45, 7) is -5.03. The van der Waals surface area contributed by atoms with Gasteiger partial charge in [-0.1, -0.05) is 23.2 Å². The van der Waals surface area contributed by atoms with Gasteiger partial charge in [-0.2, -0.15) is 13.2 Å². The molecule has 0 N–H and O–H groups in total. The van der Waals surface area contributed by atoms with Gasteiger partial charge in [-0.3, -0.25) is 0 Å². The molecule has 0 amide bonds. The van der Waals surface area contributed by atoms with Crippen molar-refractivity contribution in [3.05, 3.63) is 0 Å². The van der Waals surface area contributed by atoms with E-state index in [0.29, 0.717) is 0 Å². The molecule has 0 saturated carbocycles. The fourth-order valence-corrected chi connectivity index (χ4v) is 0. The fraction of sp³-hybridized carbons (Fsp3) is 1.00. The Morgan fingerprint density at radius 1 is 1.20 bits per heavy atom. The third kappa shape index (κ3) is 41.2. The highest BCUT2D eigenvalue weighted by molar-refractivity contribution is 6.47. The van der Waals surface area contributed by atoms with Gasteiger partial charge < -0.3 is 0 Å². The minimum Gasteiger partial charge on any atom is -0.245 e. The van der Waals surface area contributed by atoms with Gasteiger partial charge in [0, 0.05) is 0 Å². The van der Waals surface area contributed by atoms with E-state index in [1.54, 1.807) is 0 Å². The standard InChI is InChI=1S/C2H2Cl2F2.CHF3/c3-2(4,6)1-5;2-1(3)4/h1H2;1H. The first-order chi connectivity index (χ1) is 4.29. The quantitative estimate of drug-likeness (QED) is 0.455. The molecule has 0 nitrogen and oxygen atoms in total. The zero-order valence-electron chi connectivity index (χ0n) is 4.43. The van der Waals surface area contributed by atoms with E-state index in [2.05, 4.69) is 23.2 Å². The van der Waals surface area contributed by atoms with Crippen LogP contribution in [0.15, 0.2) is 0 Å². The molecule has 0 saturated heterocycles. The average molecular weight is 205 g/mol. The predicted molar refractivity (Wildman–Crippen MR) is 28.6 cm³/mol. The molecule has 0 bridgehead atoms. The van der Waals surface area contributed by atoms with Crippen LogP contribution < -0.4 is 0 Å². The molecular weight excluding hydrogens is 202 g/mol. The lowest BCUT2D eigenvalue weighted by Gasteiger charge is -1.97. The summed E-state index contributed by atoms with van der Waals surface area (Å²) in [4.78, 5) is 0. The monoisotopic (exact) mass is 204 g/mol. The van der Waals surface area contributed by atoms with Crippen molar-refractivity contribution in [3.63, 3.8) is 0 Å². The topological polar surface area (TPSA) is 0 Å². The second kappa shape index (κ2) is 5.97. The van der Waals surface area contributed by atoms with Crippen LogP contribution in [0, 0.1) is 0 Å². The van der Waals surface area contributed by atoms with E-state index >= 15 is 0 Å². The van der Waals surface area contributed by atoms with Gasteiger partial charge in [0.25, 0.3) is 4.59 Å². The highest BCUT2D eigenvalue weighted by atomic mass is 35.5. The summed E-state index contributed by atoms with van der Waals surface area (Å²) in [6, 6.07) is 0. The number of hydrogen-bond donors (Lipinski definition) is 0.